The second-order valence-electron chi connectivity index (χ2n) is 6.10. The van der Waals surface area contributed by atoms with Crippen LogP contribution in [0.3, 0.4) is 0 Å². The molecular weight excluding hydrogens is 330 g/mol. The van der Waals surface area contributed by atoms with Gasteiger partial charge in [0.15, 0.2) is 0 Å². The number of nitrogens with zero attached hydrogens (tertiary/aromatic N) is 3. The predicted octanol–water partition coefficient (Wildman–Crippen LogP) is 1.06. The van der Waals surface area contributed by atoms with E-state index in [2.05, 4.69) is 20.7 Å². The van der Waals surface area contributed by atoms with Crippen molar-refractivity contribution in [3.05, 3.63) is 46.7 Å². The monoisotopic (exact) mass is 349 g/mol. The number of hydrogen-bond acceptors (Lipinski definition) is 5. The van der Waals surface area contributed by atoms with E-state index >= 15 is 0 Å². The fourth-order valence-corrected chi connectivity index (χ4v) is 3.08. The summed E-state index contributed by atoms with van der Waals surface area (Å²) in [5.41, 5.74) is 0.459. The summed E-state index contributed by atoms with van der Waals surface area (Å²) >= 11 is 5.84. The number of aromatic amines is 1. The number of aliphatic hydroxyl groups is 1. The zero-order valence-electron chi connectivity index (χ0n) is 13.2. The van der Waals surface area contributed by atoms with E-state index in [0.717, 1.165) is 18.5 Å². The van der Waals surface area contributed by atoms with Crippen molar-refractivity contribution in [3.8, 4) is 0 Å². The Morgan fingerprint density at radius 2 is 2.21 bits per heavy atom. The highest BCUT2D eigenvalue weighted by molar-refractivity contribution is 6.30. The van der Waals surface area contributed by atoms with E-state index in [0.29, 0.717) is 30.2 Å². The molecule has 1 aliphatic rings. The van der Waals surface area contributed by atoms with Gasteiger partial charge in [0.25, 0.3) is 0 Å². The van der Waals surface area contributed by atoms with Crippen LogP contribution in [-0.2, 0) is 16.9 Å². The zero-order chi connectivity index (χ0) is 17.0. The fraction of sp³-hybridized carbons (Fsp3) is 0.438. The molecule has 128 valence electrons. The zero-order valence-corrected chi connectivity index (χ0v) is 14.0. The van der Waals surface area contributed by atoms with Crippen molar-refractivity contribution >= 4 is 17.5 Å². The molecular formula is C16H20ClN5O2. The first-order valence-corrected chi connectivity index (χ1v) is 8.25. The third-order valence-electron chi connectivity index (χ3n) is 4.21. The first kappa shape index (κ1) is 16.9. The van der Waals surface area contributed by atoms with Crippen LogP contribution >= 0.6 is 11.6 Å². The van der Waals surface area contributed by atoms with Crippen molar-refractivity contribution in [3.63, 3.8) is 0 Å². The first-order valence-electron chi connectivity index (χ1n) is 7.87. The first-order chi connectivity index (χ1) is 11.5. The Kier molecular flexibility index (Phi) is 5.13. The van der Waals surface area contributed by atoms with E-state index in [-0.39, 0.29) is 12.5 Å². The molecule has 3 rings (SSSR count). The van der Waals surface area contributed by atoms with Crippen LogP contribution in [0.15, 0.2) is 30.5 Å². The molecule has 1 aromatic heterocycles. The molecule has 0 spiro atoms. The summed E-state index contributed by atoms with van der Waals surface area (Å²) in [4.78, 5) is 14.1. The Labute approximate surface area is 145 Å². The summed E-state index contributed by atoms with van der Waals surface area (Å²) in [5.74, 6) is -0.0747. The molecule has 1 amide bonds. The molecule has 2 aromatic rings. The Balaban J connectivity index is 1.51. The van der Waals surface area contributed by atoms with Crippen LogP contribution in [0.4, 0.5) is 0 Å². The number of rotatable bonds is 5. The van der Waals surface area contributed by atoms with E-state index < -0.39 is 5.60 Å². The summed E-state index contributed by atoms with van der Waals surface area (Å²) in [6, 6.07) is 7.36. The number of β-amino-alcohol motifs (C(OH)–C–C–N with tert-alkyl or cyclic N) is 1. The maximum atomic E-state index is 12.2. The lowest BCUT2D eigenvalue weighted by Crippen LogP contribution is -2.49. The Hall–Kier alpha value is -1.96. The van der Waals surface area contributed by atoms with E-state index in [4.69, 9.17) is 11.6 Å². The van der Waals surface area contributed by atoms with Crippen LogP contribution in [0.2, 0.25) is 5.02 Å². The van der Waals surface area contributed by atoms with Gasteiger partial charge in [0.1, 0.15) is 11.3 Å². The molecule has 7 nitrogen and oxygen atoms in total. The standard InChI is InChI=1S/C16H20ClN5O2/c17-13-4-2-12(3-5-13)8-18-15(23)10-22-7-1-6-16(24,11-22)14-9-19-21-20-14/h2-5,9,24H,1,6-8,10-11H2,(H,18,23)(H,19,20,21)/t16-/m0/s1. The number of hydrogen-bond donors (Lipinski definition) is 3. The van der Waals surface area contributed by atoms with Crippen LogP contribution in [0.5, 0.6) is 0 Å². The highest BCUT2D eigenvalue weighted by Gasteiger charge is 2.37. The SMILES string of the molecule is O=C(CN1CCC[C@@](O)(c2cn[nH]n2)C1)NCc1ccc(Cl)cc1. The van der Waals surface area contributed by atoms with Gasteiger partial charge in [-0.1, -0.05) is 23.7 Å². The topological polar surface area (TPSA) is 94.1 Å². The Morgan fingerprint density at radius 1 is 1.42 bits per heavy atom. The molecule has 1 fully saturated rings. The van der Waals surface area contributed by atoms with E-state index in [9.17, 15) is 9.90 Å². The number of nitrogens with one attached hydrogen (secondary N) is 2. The van der Waals surface area contributed by atoms with Crippen molar-refractivity contribution in [1.29, 1.82) is 0 Å². The molecule has 1 saturated heterocycles. The molecule has 0 bridgehead atoms. The van der Waals surface area contributed by atoms with Gasteiger partial charge in [-0.05, 0) is 37.1 Å². The van der Waals surface area contributed by atoms with Gasteiger partial charge < -0.3 is 10.4 Å². The second kappa shape index (κ2) is 7.29. The van der Waals surface area contributed by atoms with Crippen molar-refractivity contribution in [2.45, 2.75) is 25.0 Å². The van der Waals surface area contributed by atoms with Crippen molar-refractivity contribution < 1.29 is 9.90 Å². The second-order valence-corrected chi connectivity index (χ2v) is 6.54. The van der Waals surface area contributed by atoms with E-state index in [1.54, 1.807) is 12.1 Å². The van der Waals surface area contributed by atoms with Crippen molar-refractivity contribution in [2.24, 2.45) is 0 Å². The van der Waals surface area contributed by atoms with E-state index in [1.807, 2.05) is 17.0 Å². The number of aromatic nitrogens is 3. The van der Waals surface area contributed by atoms with Gasteiger partial charge in [0, 0.05) is 18.1 Å². The molecule has 0 aliphatic carbocycles. The molecule has 8 heteroatoms. The summed E-state index contributed by atoms with van der Waals surface area (Å²) in [6.45, 7) is 1.84. The fourth-order valence-electron chi connectivity index (χ4n) is 2.95. The molecule has 0 radical (unpaired) electrons. The number of amides is 1. The van der Waals surface area contributed by atoms with Gasteiger partial charge in [-0.25, -0.2) is 0 Å². The minimum atomic E-state index is -1.05. The predicted molar refractivity (Wildman–Crippen MR) is 89.3 cm³/mol. The Bertz CT molecular complexity index is 676. The van der Waals surface area contributed by atoms with Gasteiger partial charge in [-0.2, -0.15) is 15.4 Å². The molecule has 0 saturated carbocycles. The largest absolute Gasteiger partial charge is 0.382 e. The molecule has 3 N–H and O–H groups in total. The van der Waals surface area contributed by atoms with E-state index in [1.165, 1.54) is 6.20 Å². The highest BCUT2D eigenvalue weighted by Crippen LogP contribution is 2.29. The third kappa shape index (κ3) is 4.11. The van der Waals surface area contributed by atoms with Crippen molar-refractivity contribution in [2.75, 3.05) is 19.6 Å². The molecule has 24 heavy (non-hydrogen) atoms. The quantitative estimate of drug-likeness (QED) is 0.750. The molecule has 1 aliphatic heterocycles. The Morgan fingerprint density at radius 3 is 2.92 bits per heavy atom. The summed E-state index contributed by atoms with van der Waals surface area (Å²) in [5, 5.41) is 24.6. The van der Waals surface area contributed by atoms with Crippen molar-refractivity contribution in [1.82, 2.24) is 25.6 Å². The van der Waals surface area contributed by atoms with Gasteiger partial charge >= 0.3 is 0 Å². The minimum absolute atomic E-state index is 0.0747. The van der Waals surface area contributed by atoms with Crippen LogP contribution in [0.25, 0.3) is 0 Å². The summed E-state index contributed by atoms with van der Waals surface area (Å²) in [6.07, 6.45) is 2.94. The molecule has 1 aromatic carbocycles. The number of H-pyrrole nitrogens is 1. The third-order valence-corrected chi connectivity index (χ3v) is 4.46. The highest BCUT2D eigenvalue weighted by atomic mass is 35.5. The van der Waals surface area contributed by atoms with Crippen LogP contribution in [0.1, 0.15) is 24.1 Å². The lowest BCUT2D eigenvalue weighted by Gasteiger charge is -2.37. The van der Waals surface area contributed by atoms with Gasteiger partial charge in [0.2, 0.25) is 5.91 Å². The van der Waals surface area contributed by atoms with Crippen LogP contribution in [-0.4, -0.2) is 51.0 Å². The maximum Gasteiger partial charge on any atom is 0.234 e. The van der Waals surface area contributed by atoms with Gasteiger partial charge in [-0.15, -0.1) is 0 Å². The average Bonchev–Trinajstić information content (AvgIpc) is 3.10. The number of benzene rings is 1. The molecule has 1 atom stereocenters. The van der Waals surface area contributed by atoms with Gasteiger partial charge in [0.05, 0.1) is 12.7 Å². The maximum absolute atomic E-state index is 12.2. The normalized spacial score (nSPS) is 21.6. The summed E-state index contributed by atoms with van der Waals surface area (Å²) in [7, 11) is 0. The number of carbonyl (C=O) groups is 1. The summed E-state index contributed by atoms with van der Waals surface area (Å²) < 4.78 is 0. The van der Waals surface area contributed by atoms with Crippen LogP contribution < -0.4 is 5.32 Å². The lowest BCUT2D eigenvalue weighted by atomic mass is 9.90. The minimum Gasteiger partial charge on any atom is -0.382 e. The number of halogens is 1. The number of likely N-dealkylation sites (tertiary alicyclic amines) is 1. The number of piperidine rings is 1. The smallest absolute Gasteiger partial charge is 0.234 e. The van der Waals surface area contributed by atoms with Gasteiger partial charge in [-0.3, -0.25) is 9.69 Å². The lowest BCUT2D eigenvalue weighted by molar-refractivity contribution is -0.124. The average molecular weight is 350 g/mol. The molecule has 0 unspecified atom stereocenters. The van der Waals surface area contributed by atoms with Crippen LogP contribution in [0, 0.1) is 0 Å². The molecule has 2 heterocycles. The number of carbonyl (C=O) groups excluding carboxylic acids is 1.